The van der Waals surface area contributed by atoms with Crippen molar-refractivity contribution in [3.8, 4) is 0 Å². The summed E-state index contributed by atoms with van der Waals surface area (Å²) in [5, 5.41) is 3.43. The van der Waals surface area contributed by atoms with Crippen molar-refractivity contribution < 1.29 is 0 Å². The smallest absolute Gasteiger partial charge is 0.0230 e. The molecule has 1 heterocycles. The Balaban J connectivity index is 1.93. The lowest BCUT2D eigenvalue weighted by Gasteiger charge is -2.16. The second kappa shape index (κ2) is 1.41. The Labute approximate surface area is 61.2 Å². The molecule has 2 nitrogen and oxygen atoms in total. The van der Waals surface area contributed by atoms with Gasteiger partial charge in [-0.2, -0.15) is 0 Å². The fraction of sp³-hybridized carbons (Fsp3) is 1.00. The van der Waals surface area contributed by atoms with E-state index in [1.54, 1.807) is 0 Å². The van der Waals surface area contributed by atoms with Crippen LogP contribution in [0.2, 0.25) is 0 Å². The molecule has 0 aromatic rings. The van der Waals surface area contributed by atoms with Gasteiger partial charge < -0.3 is 11.1 Å². The summed E-state index contributed by atoms with van der Waals surface area (Å²) in [6.07, 6.45) is 2.73. The molecule has 56 valence electrons. The van der Waals surface area contributed by atoms with Gasteiger partial charge in [0, 0.05) is 12.1 Å². The summed E-state index contributed by atoms with van der Waals surface area (Å²) in [7, 11) is 0. The molecule has 2 heteroatoms. The molecule has 3 fully saturated rings. The fourth-order valence-electron chi connectivity index (χ4n) is 3.10. The van der Waals surface area contributed by atoms with Crippen LogP contribution in [-0.2, 0) is 0 Å². The van der Waals surface area contributed by atoms with Crippen molar-refractivity contribution in [2.24, 2.45) is 23.5 Å². The molecular weight excluding hydrogens is 124 g/mol. The van der Waals surface area contributed by atoms with Gasteiger partial charge in [0.25, 0.3) is 0 Å². The summed E-state index contributed by atoms with van der Waals surface area (Å²) < 4.78 is 0. The Hall–Kier alpha value is -0.0800. The monoisotopic (exact) mass is 138 g/mol. The molecule has 0 aromatic heterocycles. The van der Waals surface area contributed by atoms with Gasteiger partial charge in [-0.25, -0.2) is 0 Å². The first-order chi connectivity index (χ1) is 4.81. The maximum atomic E-state index is 6.20. The number of rotatable bonds is 0. The van der Waals surface area contributed by atoms with E-state index in [2.05, 4.69) is 5.32 Å². The largest absolute Gasteiger partial charge is 0.325 e. The highest BCUT2D eigenvalue weighted by Crippen LogP contribution is 2.60. The van der Waals surface area contributed by atoms with Crippen LogP contribution in [0, 0.1) is 17.8 Å². The summed E-state index contributed by atoms with van der Waals surface area (Å²) in [6.45, 7) is 2.43. The maximum absolute atomic E-state index is 6.20. The van der Waals surface area contributed by atoms with E-state index in [0.29, 0.717) is 5.54 Å². The topological polar surface area (TPSA) is 38.0 Å². The Kier molecular flexibility index (Phi) is 0.783. The third kappa shape index (κ3) is 0.453. The molecular formula is C8H14N2. The Bertz CT molecular complexity index is 180. The highest BCUT2D eigenvalue weighted by atomic mass is 15.0. The van der Waals surface area contributed by atoms with E-state index >= 15 is 0 Å². The minimum atomic E-state index is 0.300. The zero-order valence-electron chi connectivity index (χ0n) is 6.14. The standard InChI is InChI=1S/C8H14N2/c9-8-2-6(8)1-5-3-10-4-7(5)8/h5-7,10H,1-4,9H2. The lowest BCUT2D eigenvalue weighted by Crippen LogP contribution is -2.34. The molecule has 10 heavy (non-hydrogen) atoms. The van der Waals surface area contributed by atoms with Crippen LogP contribution >= 0.6 is 0 Å². The molecule has 1 saturated heterocycles. The van der Waals surface area contributed by atoms with E-state index in [1.807, 2.05) is 0 Å². The third-order valence-electron chi connectivity index (χ3n) is 3.82. The highest BCUT2D eigenvalue weighted by Gasteiger charge is 2.64. The van der Waals surface area contributed by atoms with E-state index in [1.165, 1.54) is 25.9 Å². The van der Waals surface area contributed by atoms with Crippen LogP contribution in [0.4, 0.5) is 0 Å². The SMILES string of the molecule is NC12CC1CC1CNCC12. The first-order valence-electron chi connectivity index (χ1n) is 4.30. The minimum Gasteiger partial charge on any atom is -0.325 e. The summed E-state index contributed by atoms with van der Waals surface area (Å²) in [4.78, 5) is 0. The van der Waals surface area contributed by atoms with E-state index in [4.69, 9.17) is 5.73 Å². The molecule has 0 aromatic carbocycles. The van der Waals surface area contributed by atoms with Crippen molar-refractivity contribution in [2.75, 3.05) is 13.1 Å². The molecule has 0 amide bonds. The van der Waals surface area contributed by atoms with Gasteiger partial charge in [-0.1, -0.05) is 0 Å². The van der Waals surface area contributed by atoms with Gasteiger partial charge in [0.1, 0.15) is 0 Å². The van der Waals surface area contributed by atoms with Gasteiger partial charge in [0.05, 0.1) is 0 Å². The van der Waals surface area contributed by atoms with Crippen LogP contribution in [0.5, 0.6) is 0 Å². The van der Waals surface area contributed by atoms with Crippen molar-refractivity contribution >= 4 is 0 Å². The summed E-state index contributed by atoms with van der Waals surface area (Å²) >= 11 is 0. The van der Waals surface area contributed by atoms with Crippen molar-refractivity contribution in [2.45, 2.75) is 18.4 Å². The second-order valence-corrected chi connectivity index (χ2v) is 4.27. The second-order valence-electron chi connectivity index (χ2n) is 4.27. The van der Waals surface area contributed by atoms with E-state index in [9.17, 15) is 0 Å². The van der Waals surface area contributed by atoms with Gasteiger partial charge in [0.2, 0.25) is 0 Å². The molecule has 1 aliphatic heterocycles. The normalized spacial score (nSPS) is 63.9. The zero-order valence-corrected chi connectivity index (χ0v) is 6.14. The van der Waals surface area contributed by atoms with Crippen LogP contribution in [0.3, 0.4) is 0 Å². The van der Waals surface area contributed by atoms with Gasteiger partial charge in [-0.3, -0.25) is 0 Å². The van der Waals surface area contributed by atoms with Gasteiger partial charge in [-0.05, 0) is 37.1 Å². The molecule has 0 radical (unpaired) electrons. The molecule has 3 N–H and O–H groups in total. The van der Waals surface area contributed by atoms with Crippen molar-refractivity contribution in [3.05, 3.63) is 0 Å². The van der Waals surface area contributed by atoms with Crippen LogP contribution in [0.15, 0.2) is 0 Å². The summed E-state index contributed by atoms with van der Waals surface area (Å²) in [5.41, 5.74) is 6.50. The Morgan fingerprint density at radius 3 is 3.10 bits per heavy atom. The third-order valence-corrected chi connectivity index (χ3v) is 3.82. The van der Waals surface area contributed by atoms with E-state index in [-0.39, 0.29) is 0 Å². The molecule has 4 unspecified atom stereocenters. The first-order valence-corrected chi connectivity index (χ1v) is 4.30. The first kappa shape index (κ1) is 5.56. The average molecular weight is 138 g/mol. The van der Waals surface area contributed by atoms with Gasteiger partial charge in [-0.15, -0.1) is 0 Å². The summed E-state index contributed by atoms with van der Waals surface area (Å²) in [5.74, 6) is 2.67. The molecule has 0 spiro atoms. The molecule has 3 aliphatic rings. The zero-order chi connectivity index (χ0) is 6.77. The van der Waals surface area contributed by atoms with E-state index < -0.39 is 0 Å². The Morgan fingerprint density at radius 2 is 2.30 bits per heavy atom. The van der Waals surface area contributed by atoms with Crippen LogP contribution in [-0.4, -0.2) is 18.6 Å². The quantitative estimate of drug-likeness (QED) is 0.492. The van der Waals surface area contributed by atoms with Gasteiger partial charge in [0.15, 0.2) is 0 Å². The maximum Gasteiger partial charge on any atom is 0.0230 e. The van der Waals surface area contributed by atoms with E-state index in [0.717, 1.165) is 17.8 Å². The summed E-state index contributed by atoms with van der Waals surface area (Å²) in [6, 6.07) is 0. The van der Waals surface area contributed by atoms with Crippen LogP contribution < -0.4 is 11.1 Å². The predicted molar refractivity (Wildman–Crippen MR) is 39.5 cm³/mol. The molecule has 2 aliphatic carbocycles. The fourth-order valence-corrected chi connectivity index (χ4v) is 3.10. The molecule has 4 atom stereocenters. The van der Waals surface area contributed by atoms with Crippen LogP contribution in [0.1, 0.15) is 12.8 Å². The molecule has 3 rings (SSSR count). The number of nitrogens with two attached hydrogens (primary N) is 1. The number of nitrogens with one attached hydrogen (secondary N) is 1. The lowest BCUT2D eigenvalue weighted by atomic mass is 9.92. The van der Waals surface area contributed by atoms with Crippen molar-refractivity contribution in [3.63, 3.8) is 0 Å². The average Bonchev–Trinajstić information content (AvgIpc) is 2.35. The van der Waals surface area contributed by atoms with Crippen molar-refractivity contribution in [1.82, 2.24) is 5.32 Å². The number of hydrogen-bond donors (Lipinski definition) is 2. The van der Waals surface area contributed by atoms with Gasteiger partial charge >= 0.3 is 0 Å². The molecule has 2 saturated carbocycles. The predicted octanol–water partition coefficient (Wildman–Crippen LogP) is -0.0569. The minimum absolute atomic E-state index is 0.300. The van der Waals surface area contributed by atoms with Crippen LogP contribution in [0.25, 0.3) is 0 Å². The lowest BCUT2D eigenvalue weighted by molar-refractivity contribution is 0.389. The highest BCUT2D eigenvalue weighted by molar-refractivity contribution is 5.20. The number of hydrogen-bond acceptors (Lipinski definition) is 2. The number of fused-ring (bicyclic) bond motifs is 3. The Morgan fingerprint density at radius 1 is 1.40 bits per heavy atom. The van der Waals surface area contributed by atoms with Crippen molar-refractivity contribution in [1.29, 1.82) is 0 Å². The molecule has 0 bridgehead atoms.